The number of rotatable bonds is 5. The second-order valence-electron chi connectivity index (χ2n) is 4.59. The zero-order valence-corrected chi connectivity index (χ0v) is 11.3. The van der Waals surface area contributed by atoms with Crippen LogP contribution in [0.2, 0.25) is 5.02 Å². The molecule has 0 amide bonds. The molecule has 0 heterocycles. The van der Waals surface area contributed by atoms with Gasteiger partial charge in [0, 0.05) is 28.8 Å². The highest BCUT2D eigenvalue weighted by molar-refractivity contribution is 6.35. The van der Waals surface area contributed by atoms with Gasteiger partial charge in [-0.2, -0.15) is 0 Å². The van der Waals surface area contributed by atoms with Gasteiger partial charge in [-0.25, -0.2) is 8.78 Å². The summed E-state index contributed by atoms with van der Waals surface area (Å²) in [6.07, 6.45) is -0.828. The Balaban J connectivity index is 2.36. The van der Waals surface area contributed by atoms with Gasteiger partial charge >= 0.3 is 5.97 Å². The Labute approximate surface area is 120 Å². The van der Waals surface area contributed by atoms with E-state index in [1.165, 1.54) is 12.1 Å². The molecule has 0 radical (unpaired) electrons. The van der Waals surface area contributed by atoms with E-state index in [1.54, 1.807) is 24.3 Å². The number of hydrogen-bond acceptors (Lipinski definition) is 1. The predicted octanol–water partition coefficient (Wildman–Crippen LogP) is 4.84. The molecule has 0 fully saturated rings. The Bertz CT molecular complexity index is 641. The summed E-state index contributed by atoms with van der Waals surface area (Å²) in [4.78, 5) is 10.4. The van der Waals surface area contributed by atoms with Crippen LogP contribution in [-0.4, -0.2) is 11.1 Å². The van der Waals surface area contributed by atoms with Crippen molar-refractivity contribution in [1.29, 1.82) is 0 Å². The zero-order valence-electron chi connectivity index (χ0n) is 10.6. The van der Waals surface area contributed by atoms with Crippen molar-refractivity contribution in [2.45, 2.75) is 25.2 Å². The smallest absolute Gasteiger partial charge is 0.303 e. The van der Waals surface area contributed by atoms with Gasteiger partial charge in [0.1, 0.15) is 0 Å². The maximum atomic E-state index is 14.2. The quantitative estimate of drug-likeness (QED) is 0.857. The predicted molar refractivity (Wildman–Crippen MR) is 74.3 cm³/mol. The number of fused-ring (bicyclic) bond motifs is 1. The minimum Gasteiger partial charge on any atom is -0.481 e. The van der Waals surface area contributed by atoms with E-state index in [9.17, 15) is 13.6 Å². The number of carboxylic acid groups (broad SMARTS) is 1. The molecule has 2 aromatic carbocycles. The lowest BCUT2D eigenvalue weighted by Crippen LogP contribution is -2.14. The highest BCUT2D eigenvalue weighted by atomic mass is 35.5. The van der Waals surface area contributed by atoms with Gasteiger partial charge in [-0.3, -0.25) is 4.79 Å². The number of benzene rings is 2. The molecule has 0 aliphatic carbocycles. The van der Waals surface area contributed by atoms with Crippen molar-refractivity contribution in [3.8, 4) is 0 Å². The lowest BCUT2D eigenvalue weighted by atomic mass is 9.96. The van der Waals surface area contributed by atoms with E-state index < -0.39 is 18.3 Å². The topological polar surface area (TPSA) is 37.3 Å². The van der Waals surface area contributed by atoms with E-state index in [4.69, 9.17) is 16.7 Å². The van der Waals surface area contributed by atoms with Gasteiger partial charge in [0.05, 0.1) is 0 Å². The summed E-state index contributed by atoms with van der Waals surface area (Å²) in [6, 6.07) is 9.46. The molecule has 20 heavy (non-hydrogen) atoms. The molecule has 0 bridgehead atoms. The Morgan fingerprint density at radius 1 is 1.15 bits per heavy atom. The standard InChI is InChI=1S/C15H13ClF2O2/c16-13-8-7-12(10-4-1-2-5-11(10)13)15(17,18)9-3-6-14(19)20/h1-2,4-5,7-8H,3,6,9H2,(H,19,20). The second kappa shape index (κ2) is 5.75. The van der Waals surface area contributed by atoms with E-state index >= 15 is 0 Å². The monoisotopic (exact) mass is 298 g/mol. The SMILES string of the molecule is O=C(O)CCCC(F)(F)c1ccc(Cl)c2ccccc12. The molecule has 0 aromatic heterocycles. The fourth-order valence-corrected chi connectivity index (χ4v) is 2.41. The maximum absolute atomic E-state index is 14.2. The number of alkyl halides is 2. The van der Waals surface area contributed by atoms with Crippen LogP contribution in [-0.2, 0) is 10.7 Å². The molecular weight excluding hydrogens is 286 g/mol. The lowest BCUT2D eigenvalue weighted by molar-refractivity contribution is -0.137. The molecule has 0 unspecified atom stereocenters. The van der Waals surface area contributed by atoms with E-state index in [1.807, 2.05) is 0 Å². The first-order valence-electron chi connectivity index (χ1n) is 6.19. The van der Waals surface area contributed by atoms with Crippen molar-refractivity contribution in [1.82, 2.24) is 0 Å². The molecule has 2 aromatic rings. The molecule has 1 N–H and O–H groups in total. The summed E-state index contributed by atoms with van der Waals surface area (Å²) >= 11 is 6.00. The van der Waals surface area contributed by atoms with Crippen molar-refractivity contribution >= 4 is 28.3 Å². The van der Waals surface area contributed by atoms with Crippen LogP contribution in [0.3, 0.4) is 0 Å². The minimum atomic E-state index is -3.07. The lowest BCUT2D eigenvalue weighted by Gasteiger charge is -2.19. The molecule has 106 valence electrons. The summed E-state index contributed by atoms with van der Waals surface area (Å²) in [6.45, 7) is 0. The molecule has 2 nitrogen and oxygen atoms in total. The fourth-order valence-electron chi connectivity index (χ4n) is 2.18. The van der Waals surface area contributed by atoms with E-state index in [-0.39, 0.29) is 18.4 Å². The summed E-state index contributed by atoms with van der Waals surface area (Å²) < 4.78 is 28.5. The number of hydrogen-bond donors (Lipinski definition) is 1. The second-order valence-corrected chi connectivity index (χ2v) is 5.00. The number of halogens is 3. The third-order valence-corrected chi connectivity index (χ3v) is 3.48. The van der Waals surface area contributed by atoms with Crippen molar-refractivity contribution in [2.75, 3.05) is 0 Å². The Kier molecular flexibility index (Phi) is 4.23. The summed E-state index contributed by atoms with van der Waals surface area (Å²) in [7, 11) is 0. The van der Waals surface area contributed by atoms with E-state index in [0.29, 0.717) is 15.8 Å². The van der Waals surface area contributed by atoms with Crippen molar-refractivity contribution in [3.05, 3.63) is 47.0 Å². The third kappa shape index (κ3) is 3.07. The van der Waals surface area contributed by atoms with Gasteiger partial charge < -0.3 is 5.11 Å². The van der Waals surface area contributed by atoms with Gasteiger partial charge in [0.15, 0.2) is 0 Å². The van der Waals surface area contributed by atoms with Crippen LogP contribution < -0.4 is 0 Å². The first-order valence-corrected chi connectivity index (χ1v) is 6.57. The van der Waals surface area contributed by atoms with Gasteiger partial charge in [0.25, 0.3) is 5.92 Å². The molecule has 0 spiro atoms. The summed E-state index contributed by atoms with van der Waals surface area (Å²) in [5.74, 6) is -4.14. The van der Waals surface area contributed by atoms with Crippen LogP contribution in [0.15, 0.2) is 36.4 Å². The van der Waals surface area contributed by atoms with Crippen molar-refractivity contribution in [3.63, 3.8) is 0 Å². The van der Waals surface area contributed by atoms with Gasteiger partial charge in [0.2, 0.25) is 0 Å². The number of aliphatic carboxylic acids is 1. The largest absolute Gasteiger partial charge is 0.481 e. The minimum absolute atomic E-state index is 0.0702. The Hall–Kier alpha value is -1.68. The fraction of sp³-hybridized carbons (Fsp3) is 0.267. The highest BCUT2D eigenvalue weighted by Gasteiger charge is 2.33. The van der Waals surface area contributed by atoms with Crippen LogP contribution in [0.25, 0.3) is 10.8 Å². The molecular formula is C15H13ClF2O2. The van der Waals surface area contributed by atoms with Crippen LogP contribution in [0.1, 0.15) is 24.8 Å². The summed E-state index contributed by atoms with van der Waals surface area (Å²) in [5.41, 5.74) is -0.108. The van der Waals surface area contributed by atoms with Crippen LogP contribution >= 0.6 is 11.6 Å². The van der Waals surface area contributed by atoms with Gasteiger partial charge in [-0.15, -0.1) is 0 Å². The van der Waals surface area contributed by atoms with Gasteiger partial charge in [-0.05, 0) is 17.9 Å². The maximum Gasteiger partial charge on any atom is 0.303 e. The molecule has 0 saturated carbocycles. The highest BCUT2D eigenvalue weighted by Crippen LogP contribution is 2.39. The zero-order chi connectivity index (χ0) is 14.8. The van der Waals surface area contributed by atoms with Crippen LogP contribution in [0.4, 0.5) is 8.78 Å². The first-order chi connectivity index (χ1) is 9.42. The Morgan fingerprint density at radius 2 is 1.80 bits per heavy atom. The molecule has 0 aliphatic heterocycles. The molecule has 5 heteroatoms. The molecule has 0 aliphatic rings. The Morgan fingerprint density at radius 3 is 2.45 bits per heavy atom. The number of carbonyl (C=O) groups is 1. The third-order valence-electron chi connectivity index (χ3n) is 3.15. The van der Waals surface area contributed by atoms with E-state index in [0.717, 1.165) is 0 Å². The van der Waals surface area contributed by atoms with Crippen molar-refractivity contribution < 1.29 is 18.7 Å². The van der Waals surface area contributed by atoms with Crippen LogP contribution in [0, 0.1) is 0 Å². The summed E-state index contributed by atoms with van der Waals surface area (Å²) in [5, 5.41) is 9.93. The van der Waals surface area contributed by atoms with Crippen molar-refractivity contribution in [2.24, 2.45) is 0 Å². The number of carboxylic acids is 1. The van der Waals surface area contributed by atoms with Crippen LogP contribution in [0.5, 0.6) is 0 Å². The molecule has 0 atom stereocenters. The molecule has 2 rings (SSSR count). The van der Waals surface area contributed by atoms with E-state index in [2.05, 4.69) is 0 Å². The normalized spacial score (nSPS) is 11.8. The molecule has 0 saturated heterocycles. The first kappa shape index (κ1) is 14.7. The average Bonchev–Trinajstić information content (AvgIpc) is 2.38. The average molecular weight is 299 g/mol. The van der Waals surface area contributed by atoms with Gasteiger partial charge in [-0.1, -0.05) is 41.9 Å².